The van der Waals surface area contributed by atoms with Gasteiger partial charge in [-0.25, -0.2) is 0 Å². The summed E-state index contributed by atoms with van der Waals surface area (Å²) in [5, 5.41) is 0. The predicted octanol–water partition coefficient (Wildman–Crippen LogP) is 6.34. The maximum absolute atomic E-state index is 2.40. The first kappa shape index (κ1) is 17.0. The second-order valence-corrected chi connectivity index (χ2v) is 8.06. The normalized spacial score (nSPS) is 34.8. The van der Waals surface area contributed by atoms with Gasteiger partial charge in [0.15, 0.2) is 0 Å². The molecule has 2 aliphatic rings. The van der Waals surface area contributed by atoms with Gasteiger partial charge in [-0.05, 0) is 47.9 Å². The van der Waals surface area contributed by atoms with Crippen molar-refractivity contribution in [3.05, 3.63) is 83.0 Å². The van der Waals surface area contributed by atoms with Crippen LogP contribution in [0, 0.1) is 25.7 Å². The molecule has 0 amide bonds. The van der Waals surface area contributed by atoms with Crippen molar-refractivity contribution in [1.29, 1.82) is 0 Å². The Morgan fingerprint density at radius 1 is 0.750 bits per heavy atom. The second-order valence-electron chi connectivity index (χ2n) is 8.06. The van der Waals surface area contributed by atoms with Crippen molar-refractivity contribution >= 4 is 0 Å². The van der Waals surface area contributed by atoms with E-state index in [4.69, 9.17) is 0 Å². The Hall–Kier alpha value is -1.82. The topological polar surface area (TPSA) is 0 Å². The molecule has 3 rings (SSSR count). The smallest absolute Gasteiger partial charge is 0.0173 e. The standard InChI is InChI=1S/C24H30/c1-17-13-14-21(23(5)15-9-7-11-18(23)2)22(20(17)4)24(6)16-10-8-12-19(24)3/h7-16,18-19H,1-6H3. The third kappa shape index (κ3) is 2.44. The number of hydrogen-bond acceptors (Lipinski definition) is 0. The van der Waals surface area contributed by atoms with E-state index < -0.39 is 0 Å². The number of rotatable bonds is 2. The van der Waals surface area contributed by atoms with Crippen LogP contribution in [0.15, 0.2) is 60.7 Å². The van der Waals surface area contributed by atoms with Gasteiger partial charge in [0.25, 0.3) is 0 Å². The highest BCUT2D eigenvalue weighted by Gasteiger charge is 2.40. The van der Waals surface area contributed by atoms with E-state index in [0.717, 1.165) is 0 Å². The van der Waals surface area contributed by atoms with Crippen molar-refractivity contribution in [2.45, 2.75) is 52.4 Å². The summed E-state index contributed by atoms with van der Waals surface area (Å²) >= 11 is 0. The Morgan fingerprint density at radius 3 is 1.83 bits per heavy atom. The Bertz CT molecular complexity index is 758. The molecule has 0 heterocycles. The van der Waals surface area contributed by atoms with Crippen LogP contribution in [0.3, 0.4) is 0 Å². The van der Waals surface area contributed by atoms with Crippen molar-refractivity contribution in [2.24, 2.45) is 11.8 Å². The van der Waals surface area contributed by atoms with E-state index in [-0.39, 0.29) is 10.8 Å². The minimum Gasteiger partial charge on any atom is -0.0805 e. The van der Waals surface area contributed by atoms with Crippen molar-refractivity contribution in [1.82, 2.24) is 0 Å². The summed E-state index contributed by atoms with van der Waals surface area (Å²) in [6, 6.07) is 4.68. The van der Waals surface area contributed by atoms with Crippen LogP contribution in [0.1, 0.15) is 49.9 Å². The lowest BCUT2D eigenvalue weighted by atomic mass is 9.61. The monoisotopic (exact) mass is 318 g/mol. The molecule has 4 atom stereocenters. The van der Waals surface area contributed by atoms with Crippen LogP contribution in [0.5, 0.6) is 0 Å². The fourth-order valence-corrected chi connectivity index (χ4v) is 4.28. The van der Waals surface area contributed by atoms with E-state index in [0.29, 0.717) is 11.8 Å². The SMILES string of the molecule is Cc1ccc(C2(C)C=CC=CC2C)c(C2(C)C=CC=CC2C)c1C. The summed E-state index contributed by atoms with van der Waals surface area (Å²) < 4.78 is 0. The van der Waals surface area contributed by atoms with Gasteiger partial charge >= 0.3 is 0 Å². The highest BCUT2D eigenvalue weighted by atomic mass is 14.4. The first-order valence-electron chi connectivity index (χ1n) is 9.14. The van der Waals surface area contributed by atoms with Crippen LogP contribution in [-0.4, -0.2) is 0 Å². The largest absolute Gasteiger partial charge is 0.0805 e. The number of benzene rings is 1. The molecule has 0 N–H and O–H groups in total. The van der Waals surface area contributed by atoms with Gasteiger partial charge in [-0.3, -0.25) is 0 Å². The van der Waals surface area contributed by atoms with Crippen molar-refractivity contribution in [2.75, 3.05) is 0 Å². The molecule has 24 heavy (non-hydrogen) atoms. The molecular weight excluding hydrogens is 288 g/mol. The van der Waals surface area contributed by atoms with Crippen LogP contribution in [0.2, 0.25) is 0 Å². The van der Waals surface area contributed by atoms with Crippen molar-refractivity contribution < 1.29 is 0 Å². The first-order chi connectivity index (χ1) is 11.3. The van der Waals surface area contributed by atoms with Crippen LogP contribution in [0.4, 0.5) is 0 Å². The molecule has 0 saturated heterocycles. The maximum atomic E-state index is 2.40. The number of allylic oxidation sites excluding steroid dienone is 8. The molecule has 1 aromatic carbocycles. The second kappa shape index (κ2) is 5.92. The van der Waals surface area contributed by atoms with Crippen LogP contribution in [0.25, 0.3) is 0 Å². The van der Waals surface area contributed by atoms with Crippen molar-refractivity contribution in [3.8, 4) is 0 Å². The Kier molecular flexibility index (Phi) is 4.20. The van der Waals surface area contributed by atoms with Gasteiger partial charge in [0.1, 0.15) is 0 Å². The summed E-state index contributed by atoms with van der Waals surface area (Å²) in [7, 11) is 0. The molecule has 0 spiro atoms. The van der Waals surface area contributed by atoms with Crippen LogP contribution in [-0.2, 0) is 10.8 Å². The molecule has 0 aromatic heterocycles. The lowest BCUT2D eigenvalue weighted by Gasteiger charge is -2.43. The number of hydrogen-bond donors (Lipinski definition) is 0. The Balaban J connectivity index is 2.28. The average molecular weight is 319 g/mol. The van der Waals surface area contributed by atoms with Gasteiger partial charge in [-0.15, -0.1) is 0 Å². The van der Waals surface area contributed by atoms with Gasteiger partial charge in [-0.2, -0.15) is 0 Å². The van der Waals surface area contributed by atoms with E-state index >= 15 is 0 Å². The third-order valence-electron chi connectivity index (χ3n) is 6.65. The predicted molar refractivity (Wildman–Crippen MR) is 106 cm³/mol. The molecule has 126 valence electrons. The fourth-order valence-electron chi connectivity index (χ4n) is 4.28. The summed E-state index contributed by atoms with van der Waals surface area (Å²) in [6.45, 7) is 14.0. The van der Waals surface area contributed by atoms with Gasteiger partial charge in [0.05, 0.1) is 0 Å². The van der Waals surface area contributed by atoms with Crippen LogP contribution >= 0.6 is 0 Å². The minimum atomic E-state index is 0.0396. The highest BCUT2D eigenvalue weighted by molar-refractivity contribution is 5.54. The molecule has 0 nitrogen and oxygen atoms in total. The third-order valence-corrected chi connectivity index (χ3v) is 6.65. The lowest BCUT2D eigenvalue weighted by Crippen LogP contribution is -2.37. The molecule has 0 aliphatic heterocycles. The molecular formula is C24H30. The molecule has 0 heteroatoms. The van der Waals surface area contributed by atoms with Gasteiger partial charge in [-0.1, -0.05) is 88.4 Å². The van der Waals surface area contributed by atoms with Gasteiger partial charge in [0, 0.05) is 10.8 Å². The quantitative estimate of drug-likeness (QED) is 0.596. The van der Waals surface area contributed by atoms with E-state index in [1.165, 1.54) is 22.3 Å². The zero-order valence-electron chi connectivity index (χ0n) is 15.9. The minimum absolute atomic E-state index is 0.0396. The first-order valence-corrected chi connectivity index (χ1v) is 9.14. The van der Waals surface area contributed by atoms with Crippen LogP contribution < -0.4 is 0 Å². The molecule has 0 fully saturated rings. The lowest BCUT2D eigenvalue weighted by molar-refractivity contribution is 0.413. The molecule has 4 unspecified atom stereocenters. The summed E-state index contributed by atoms with van der Waals surface area (Å²) in [5.74, 6) is 0.981. The molecule has 2 aliphatic carbocycles. The summed E-state index contributed by atoms with van der Waals surface area (Å²) in [6.07, 6.45) is 18.3. The van der Waals surface area contributed by atoms with Gasteiger partial charge < -0.3 is 0 Å². The fraction of sp³-hybridized carbons (Fsp3) is 0.417. The zero-order chi connectivity index (χ0) is 17.5. The van der Waals surface area contributed by atoms with E-state index in [1.807, 2.05) is 0 Å². The Labute approximate surface area is 147 Å². The maximum Gasteiger partial charge on any atom is 0.0173 e. The average Bonchev–Trinajstić information content (AvgIpc) is 2.55. The number of aryl methyl sites for hydroxylation is 1. The highest BCUT2D eigenvalue weighted by Crippen LogP contribution is 2.47. The van der Waals surface area contributed by atoms with Crippen molar-refractivity contribution in [3.63, 3.8) is 0 Å². The van der Waals surface area contributed by atoms with E-state index in [9.17, 15) is 0 Å². The molecule has 0 radical (unpaired) electrons. The molecule has 0 bridgehead atoms. The molecule has 1 aromatic rings. The molecule has 0 saturated carbocycles. The summed E-state index contributed by atoms with van der Waals surface area (Å²) in [4.78, 5) is 0. The van der Waals surface area contributed by atoms with Gasteiger partial charge in [0.2, 0.25) is 0 Å². The Morgan fingerprint density at radius 2 is 1.29 bits per heavy atom. The van der Waals surface area contributed by atoms with E-state index in [2.05, 4.69) is 102 Å². The zero-order valence-corrected chi connectivity index (χ0v) is 15.9. The summed E-state index contributed by atoms with van der Waals surface area (Å²) in [5.41, 5.74) is 5.91. The van der Waals surface area contributed by atoms with E-state index in [1.54, 1.807) is 0 Å².